The van der Waals surface area contributed by atoms with Crippen LogP contribution in [-0.2, 0) is 9.53 Å². The zero-order valence-corrected chi connectivity index (χ0v) is 12.7. The zero-order valence-electron chi connectivity index (χ0n) is 12.7. The van der Waals surface area contributed by atoms with Crippen LogP contribution in [0.15, 0.2) is 24.3 Å². The Morgan fingerprint density at radius 2 is 2.19 bits per heavy atom. The molecule has 21 heavy (non-hydrogen) atoms. The predicted molar refractivity (Wildman–Crippen MR) is 80.0 cm³/mol. The molecule has 0 spiro atoms. The number of carbonyl (C=O) groups excluding carboxylic acids is 1. The molecule has 4 heteroatoms. The van der Waals surface area contributed by atoms with Crippen LogP contribution in [-0.4, -0.2) is 47.8 Å². The summed E-state index contributed by atoms with van der Waals surface area (Å²) in [5, 5.41) is 9.23. The van der Waals surface area contributed by atoms with Gasteiger partial charge < -0.3 is 14.7 Å². The lowest BCUT2D eigenvalue weighted by atomic mass is 10.0. The first kappa shape index (κ1) is 14.5. The van der Waals surface area contributed by atoms with Crippen molar-refractivity contribution in [2.24, 2.45) is 5.92 Å². The van der Waals surface area contributed by atoms with Gasteiger partial charge in [-0.1, -0.05) is 24.3 Å². The van der Waals surface area contributed by atoms with Crippen LogP contribution in [0.2, 0.25) is 0 Å². The predicted octanol–water partition coefficient (Wildman–Crippen LogP) is 1.71. The van der Waals surface area contributed by atoms with Gasteiger partial charge >= 0.3 is 0 Å². The quantitative estimate of drug-likeness (QED) is 0.921. The third-order valence-electron chi connectivity index (χ3n) is 4.69. The summed E-state index contributed by atoms with van der Waals surface area (Å²) in [4.78, 5) is 14.6. The third-order valence-corrected chi connectivity index (χ3v) is 4.69. The van der Waals surface area contributed by atoms with Crippen molar-refractivity contribution in [2.45, 2.75) is 38.3 Å². The van der Waals surface area contributed by atoms with E-state index in [1.54, 1.807) is 0 Å². The number of carbonyl (C=O) groups is 1. The molecule has 1 aliphatic carbocycles. The Bertz CT molecular complexity index is 531. The minimum atomic E-state index is -0.235. The van der Waals surface area contributed by atoms with Crippen molar-refractivity contribution in [3.63, 3.8) is 0 Å². The van der Waals surface area contributed by atoms with E-state index >= 15 is 0 Å². The maximum atomic E-state index is 12.7. The molecule has 3 rings (SSSR count). The number of nitrogens with zero attached hydrogens (tertiary/aromatic N) is 1. The summed E-state index contributed by atoms with van der Waals surface area (Å²) < 4.78 is 5.51. The maximum absolute atomic E-state index is 12.7. The van der Waals surface area contributed by atoms with Crippen molar-refractivity contribution in [1.82, 2.24) is 4.90 Å². The number of benzene rings is 1. The molecule has 4 nitrogen and oxygen atoms in total. The highest BCUT2D eigenvalue weighted by atomic mass is 16.5. The number of aliphatic hydroxyl groups excluding tert-OH is 1. The average molecular weight is 289 g/mol. The molecule has 0 aromatic heterocycles. The van der Waals surface area contributed by atoms with Gasteiger partial charge in [0.05, 0.1) is 25.4 Å². The highest BCUT2D eigenvalue weighted by Crippen LogP contribution is 2.49. The van der Waals surface area contributed by atoms with Gasteiger partial charge in [-0.25, -0.2) is 0 Å². The van der Waals surface area contributed by atoms with Crippen molar-refractivity contribution in [2.75, 3.05) is 19.8 Å². The van der Waals surface area contributed by atoms with Gasteiger partial charge in [0.15, 0.2) is 0 Å². The van der Waals surface area contributed by atoms with Gasteiger partial charge in [0.1, 0.15) is 0 Å². The van der Waals surface area contributed by atoms with Crippen LogP contribution >= 0.6 is 0 Å². The van der Waals surface area contributed by atoms with E-state index in [2.05, 4.69) is 19.1 Å². The molecule has 1 N–H and O–H groups in total. The Labute approximate surface area is 125 Å². The topological polar surface area (TPSA) is 49.8 Å². The Morgan fingerprint density at radius 1 is 1.43 bits per heavy atom. The van der Waals surface area contributed by atoms with Crippen LogP contribution < -0.4 is 0 Å². The first-order valence-electron chi connectivity index (χ1n) is 7.70. The average Bonchev–Trinajstić information content (AvgIpc) is 3.28. The Morgan fingerprint density at radius 3 is 2.90 bits per heavy atom. The molecule has 1 aliphatic heterocycles. The van der Waals surface area contributed by atoms with Crippen LogP contribution in [0, 0.1) is 12.8 Å². The maximum Gasteiger partial charge on any atom is 0.226 e. The lowest BCUT2D eigenvalue weighted by Gasteiger charge is -2.37. The summed E-state index contributed by atoms with van der Waals surface area (Å²) in [6.07, 6.45) is 0.707. The summed E-state index contributed by atoms with van der Waals surface area (Å²) in [5.74, 6) is 0.685. The van der Waals surface area contributed by atoms with Crippen molar-refractivity contribution >= 4 is 5.91 Å². The lowest BCUT2D eigenvalue weighted by molar-refractivity contribution is -0.147. The van der Waals surface area contributed by atoms with Crippen LogP contribution in [0.5, 0.6) is 0 Å². The molecule has 0 radical (unpaired) electrons. The molecule has 2 fully saturated rings. The first-order valence-corrected chi connectivity index (χ1v) is 7.70. The standard InChI is InChI=1S/C17H23NO3/c1-11-5-3-4-6-14(11)15-7-16(15)17(20)18-8-13(9-19)21-10-12(18)2/h3-6,12-13,15-16,19H,7-10H2,1-2H3. The molecule has 1 amide bonds. The fraction of sp³-hybridized carbons (Fsp3) is 0.588. The number of morpholine rings is 1. The number of hydrogen-bond acceptors (Lipinski definition) is 3. The highest BCUT2D eigenvalue weighted by Gasteiger charge is 2.47. The van der Waals surface area contributed by atoms with E-state index in [1.165, 1.54) is 11.1 Å². The molecule has 1 aromatic rings. The van der Waals surface area contributed by atoms with Crippen molar-refractivity contribution in [3.05, 3.63) is 35.4 Å². The second-order valence-corrected chi connectivity index (χ2v) is 6.28. The van der Waals surface area contributed by atoms with Gasteiger partial charge in [-0.05, 0) is 37.3 Å². The molecule has 1 saturated heterocycles. The van der Waals surface area contributed by atoms with Crippen LogP contribution in [0.3, 0.4) is 0 Å². The van der Waals surface area contributed by atoms with Crippen LogP contribution in [0.1, 0.15) is 30.4 Å². The molecule has 2 aliphatic rings. The molecule has 1 heterocycles. The number of rotatable bonds is 3. The lowest BCUT2D eigenvalue weighted by Crippen LogP contribution is -2.52. The molecule has 4 unspecified atom stereocenters. The molecule has 0 bridgehead atoms. The fourth-order valence-electron chi connectivity index (χ4n) is 3.26. The Hall–Kier alpha value is -1.39. The summed E-state index contributed by atoms with van der Waals surface area (Å²) >= 11 is 0. The van der Waals surface area contributed by atoms with E-state index in [1.807, 2.05) is 24.0 Å². The molecule has 1 aromatic carbocycles. The highest BCUT2D eigenvalue weighted by molar-refractivity contribution is 5.83. The fourth-order valence-corrected chi connectivity index (χ4v) is 3.26. The monoisotopic (exact) mass is 289 g/mol. The minimum absolute atomic E-state index is 0.0254. The van der Waals surface area contributed by atoms with Gasteiger partial charge in [0.2, 0.25) is 5.91 Å². The summed E-state index contributed by atoms with van der Waals surface area (Å²) in [7, 11) is 0. The van der Waals surface area contributed by atoms with E-state index in [0.29, 0.717) is 19.1 Å². The van der Waals surface area contributed by atoms with Gasteiger partial charge in [0.25, 0.3) is 0 Å². The number of ether oxygens (including phenoxy) is 1. The van der Waals surface area contributed by atoms with E-state index in [0.717, 1.165) is 6.42 Å². The summed E-state index contributed by atoms with van der Waals surface area (Å²) in [6, 6.07) is 8.41. The molecule has 4 atom stereocenters. The second kappa shape index (κ2) is 5.78. The molecular formula is C17H23NO3. The van der Waals surface area contributed by atoms with Gasteiger partial charge in [0, 0.05) is 12.5 Å². The van der Waals surface area contributed by atoms with Crippen LogP contribution in [0.4, 0.5) is 0 Å². The Kier molecular flexibility index (Phi) is 4.00. The number of aliphatic hydroxyl groups is 1. The smallest absolute Gasteiger partial charge is 0.226 e. The van der Waals surface area contributed by atoms with Crippen molar-refractivity contribution < 1.29 is 14.6 Å². The van der Waals surface area contributed by atoms with Gasteiger partial charge in [-0.2, -0.15) is 0 Å². The molecule has 1 saturated carbocycles. The second-order valence-electron chi connectivity index (χ2n) is 6.28. The number of aryl methyl sites for hydroxylation is 1. The zero-order chi connectivity index (χ0) is 15.0. The van der Waals surface area contributed by atoms with Crippen LogP contribution in [0.25, 0.3) is 0 Å². The Balaban J connectivity index is 1.68. The largest absolute Gasteiger partial charge is 0.394 e. The minimum Gasteiger partial charge on any atom is -0.394 e. The number of hydrogen-bond donors (Lipinski definition) is 1. The van der Waals surface area contributed by atoms with Gasteiger partial charge in [-0.15, -0.1) is 0 Å². The van der Waals surface area contributed by atoms with Crippen molar-refractivity contribution in [1.29, 1.82) is 0 Å². The van der Waals surface area contributed by atoms with E-state index in [-0.39, 0.29) is 30.6 Å². The molecular weight excluding hydrogens is 266 g/mol. The first-order chi connectivity index (χ1) is 10.1. The van der Waals surface area contributed by atoms with E-state index in [4.69, 9.17) is 4.74 Å². The normalized spacial score (nSPS) is 32.0. The molecule has 114 valence electrons. The third kappa shape index (κ3) is 2.83. The SMILES string of the molecule is Cc1ccccc1C1CC1C(=O)N1CC(CO)OCC1C. The van der Waals surface area contributed by atoms with Crippen molar-refractivity contribution in [3.8, 4) is 0 Å². The summed E-state index contributed by atoms with van der Waals surface area (Å²) in [6.45, 7) is 5.11. The summed E-state index contributed by atoms with van der Waals surface area (Å²) in [5.41, 5.74) is 2.57. The van der Waals surface area contributed by atoms with Gasteiger partial charge in [-0.3, -0.25) is 4.79 Å². The van der Waals surface area contributed by atoms with E-state index in [9.17, 15) is 9.90 Å². The van der Waals surface area contributed by atoms with E-state index < -0.39 is 0 Å². The number of amides is 1.